The zero-order valence-electron chi connectivity index (χ0n) is 20.0. The molecule has 0 fully saturated rings. The number of hydrogen-bond donors (Lipinski definition) is 3. The van der Waals surface area contributed by atoms with Crippen LogP contribution in [0.5, 0.6) is 0 Å². The summed E-state index contributed by atoms with van der Waals surface area (Å²) in [7, 11) is 0. The number of carbonyl (C=O) groups is 2. The van der Waals surface area contributed by atoms with E-state index in [1.54, 1.807) is 24.3 Å². The lowest BCUT2D eigenvalue weighted by Gasteiger charge is -2.30. The van der Waals surface area contributed by atoms with Crippen molar-refractivity contribution in [3.63, 3.8) is 0 Å². The van der Waals surface area contributed by atoms with Gasteiger partial charge in [0, 0.05) is 17.1 Å². The van der Waals surface area contributed by atoms with E-state index >= 15 is 0 Å². The lowest BCUT2D eigenvalue weighted by molar-refractivity contribution is -0.167. The van der Waals surface area contributed by atoms with E-state index in [4.69, 9.17) is 16.3 Å². The van der Waals surface area contributed by atoms with Gasteiger partial charge in [-0.25, -0.2) is 14.2 Å². The van der Waals surface area contributed by atoms with Gasteiger partial charge in [0.1, 0.15) is 5.82 Å². The number of aliphatic hydroxyl groups is 1. The van der Waals surface area contributed by atoms with E-state index in [2.05, 4.69) is 15.7 Å². The average molecular weight is 520 g/mol. The molecule has 0 aliphatic heterocycles. The zero-order valence-corrected chi connectivity index (χ0v) is 20.7. The Morgan fingerprint density at radius 2 is 1.94 bits per heavy atom. The third-order valence-electron chi connectivity index (χ3n) is 5.03. The van der Waals surface area contributed by atoms with Crippen molar-refractivity contribution >= 4 is 23.5 Å². The summed E-state index contributed by atoms with van der Waals surface area (Å²) >= 11 is 5.99. The number of benzene rings is 2. The van der Waals surface area contributed by atoms with Crippen molar-refractivity contribution in [2.45, 2.75) is 32.9 Å². The molecule has 10 nitrogen and oxygen atoms in total. The Bertz CT molecular complexity index is 1220. The summed E-state index contributed by atoms with van der Waals surface area (Å²) in [6, 6.07) is 11.1. The summed E-state index contributed by atoms with van der Waals surface area (Å²) in [5, 5.41) is 28.6. The lowest BCUT2D eigenvalue weighted by atomic mass is 10.0. The van der Waals surface area contributed by atoms with Crippen molar-refractivity contribution in [2.75, 3.05) is 13.2 Å². The van der Waals surface area contributed by atoms with Crippen molar-refractivity contribution in [1.29, 1.82) is 0 Å². The van der Waals surface area contributed by atoms with E-state index in [1.165, 1.54) is 30.1 Å². The van der Waals surface area contributed by atoms with Crippen LogP contribution in [0.3, 0.4) is 0 Å². The first kappa shape index (κ1) is 27.1. The van der Waals surface area contributed by atoms with Gasteiger partial charge in [-0.1, -0.05) is 54.6 Å². The fourth-order valence-corrected chi connectivity index (χ4v) is 3.43. The highest BCUT2D eigenvalue weighted by Crippen LogP contribution is 2.26. The van der Waals surface area contributed by atoms with Gasteiger partial charge in [-0.05, 0) is 47.4 Å². The molecule has 3 N–H and O–H groups in total. The molecule has 192 valence electrons. The molecule has 1 unspecified atom stereocenters. The van der Waals surface area contributed by atoms with Crippen molar-refractivity contribution < 1.29 is 29.0 Å². The van der Waals surface area contributed by atoms with Gasteiger partial charge >= 0.3 is 5.97 Å². The highest BCUT2D eigenvalue weighted by molar-refractivity contribution is 6.30. The molecule has 0 radical (unpaired) electrons. The topological polar surface area (TPSA) is 130 Å². The van der Waals surface area contributed by atoms with Crippen molar-refractivity contribution in [3.05, 3.63) is 70.8 Å². The molecular weight excluding hydrogens is 493 g/mol. The highest BCUT2D eigenvalue weighted by Gasteiger charge is 2.35. The van der Waals surface area contributed by atoms with Crippen molar-refractivity contribution in [2.24, 2.45) is 5.92 Å². The molecule has 36 heavy (non-hydrogen) atoms. The van der Waals surface area contributed by atoms with Crippen LogP contribution in [0.15, 0.2) is 48.7 Å². The Labute approximate surface area is 212 Å². The molecule has 2 aromatic carbocycles. The molecule has 0 spiro atoms. The minimum Gasteiger partial charge on any atom is -0.463 e. The number of hydrogen-bond acceptors (Lipinski definition) is 8. The van der Waals surface area contributed by atoms with Gasteiger partial charge in [0.2, 0.25) is 0 Å². The second-order valence-corrected chi connectivity index (χ2v) is 9.34. The van der Waals surface area contributed by atoms with Crippen LogP contribution in [0.25, 0.3) is 11.1 Å². The number of amides is 1. The maximum Gasteiger partial charge on any atom is 0.339 e. The highest BCUT2D eigenvalue weighted by atomic mass is 35.5. The van der Waals surface area contributed by atoms with Crippen LogP contribution in [0.4, 0.5) is 4.39 Å². The lowest BCUT2D eigenvalue weighted by Crippen LogP contribution is -2.53. The predicted octanol–water partition coefficient (Wildman–Crippen LogP) is 3.07. The van der Waals surface area contributed by atoms with E-state index in [9.17, 15) is 24.3 Å². The van der Waals surface area contributed by atoms with Gasteiger partial charge in [-0.3, -0.25) is 10.2 Å². The standard InChI is InChI=1S/C24H27ClFN5O5/c1-15(2)13-36-23(33)24(3,34)14-30(28-22(32)21-12-31(35)29-27-21)11-16-4-6-17(7-5-16)19-10-18(25)8-9-20(19)26/h4-10,12,15,34-35H,11,13-14H2,1-3H3,(H,28,32). The zero-order chi connectivity index (χ0) is 26.5. The molecule has 3 aromatic rings. The molecule has 0 aliphatic rings. The molecule has 1 aromatic heterocycles. The van der Waals surface area contributed by atoms with Crippen LogP contribution in [0.2, 0.25) is 5.02 Å². The minimum absolute atomic E-state index is 0.0604. The second kappa shape index (κ2) is 11.5. The number of nitrogens with zero attached hydrogens (tertiary/aromatic N) is 4. The van der Waals surface area contributed by atoms with Crippen molar-refractivity contribution in [3.8, 4) is 11.1 Å². The molecule has 0 saturated carbocycles. The number of rotatable bonds is 10. The number of ether oxygens (including phenoxy) is 1. The molecule has 1 amide bonds. The number of nitrogens with one attached hydrogen (secondary N) is 1. The van der Waals surface area contributed by atoms with Gasteiger partial charge in [0.05, 0.1) is 19.3 Å². The minimum atomic E-state index is -1.96. The first-order valence-electron chi connectivity index (χ1n) is 11.1. The molecule has 12 heteroatoms. The summed E-state index contributed by atoms with van der Waals surface area (Å²) in [6.07, 6.45) is 0.997. The maximum atomic E-state index is 14.2. The average Bonchev–Trinajstić information content (AvgIpc) is 3.25. The number of hydrazine groups is 1. The monoisotopic (exact) mass is 519 g/mol. The summed E-state index contributed by atoms with van der Waals surface area (Å²) < 4.78 is 19.4. The SMILES string of the molecule is CC(C)COC(=O)C(C)(O)CN(Cc1ccc(-c2cc(Cl)ccc2F)cc1)NC(=O)c1cn(O)nn1. The molecule has 0 bridgehead atoms. The van der Waals surface area contributed by atoms with Crippen LogP contribution >= 0.6 is 11.6 Å². The third kappa shape index (κ3) is 7.23. The van der Waals surface area contributed by atoms with E-state index in [0.717, 1.165) is 6.20 Å². The van der Waals surface area contributed by atoms with Crippen LogP contribution in [-0.2, 0) is 16.1 Å². The number of carbonyl (C=O) groups excluding carboxylic acids is 2. The summed E-state index contributed by atoms with van der Waals surface area (Å²) in [6.45, 7) is 4.87. The van der Waals surface area contributed by atoms with Crippen LogP contribution in [-0.4, -0.2) is 61.1 Å². The van der Waals surface area contributed by atoms with Crippen LogP contribution in [0.1, 0.15) is 36.8 Å². The quantitative estimate of drug-likeness (QED) is 0.212. The van der Waals surface area contributed by atoms with Gasteiger partial charge in [-0.15, -0.1) is 5.10 Å². The number of esters is 1. The third-order valence-corrected chi connectivity index (χ3v) is 5.26. The van der Waals surface area contributed by atoms with E-state index < -0.39 is 23.3 Å². The molecule has 3 rings (SSSR count). The predicted molar refractivity (Wildman–Crippen MR) is 128 cm³/mol. The van der Waals surface area contributed by atoms with Crippen LogP contribution in [0, 0.1) is 11.7 Å². The Balaban J connectivity index is 1.80. The number of aromatic nitrogens is 3. The Kier molecular flexibility index (Phi) is 8.62. The first-order chi connectivity index (χ1) is 16.9. The largest absolute Gasteiger partial charge is 0.463 e. The fraction of sp³-hybridized carbons (Fsp3) is 0.333. The summed E-state index contributed by atoms with van der Waals surface area (Å²) in [4.78, 5) is 25.4. The second-order valence-electron chi connectivity index (χ2n) is 8.91. The Morgan fingerprint density at radius 3 is 2.56 bits per heavy atom. The van der Waals surface area contributed by atoms with E-state index in [0.29, 0.717) is 26.6 Å². The maximum absolute atomic E-state index is 14.2. The summed E-state index contributed by atoms with van der Waals surface area (Å²) in [5.74, 6) is -1.92. The van der Waals surface area contributed by atoms with Gasteiger partial charge < -0.3 is 15.1 Å². The van der Waals surface area contributed by atoms with Gasteiger partial charge in [0.15, 0.2) is 11.3 Å². The number of halogens is 2. The van der Waals surface area contributed by atoms with E-state index in [-0.39, 0.29) is 31.3 Å². The molecule has 1 atom stereocenters. The first-order valence-corrected chi connectivity index (χ1v) is 11.4. The van der Waals surface area contributed by atoms with Gasteiger partial charge in [0.25, 0.3) is 5.91 Å². The molecule has 0 aliphatic carbocycles. The Morgan fingerprint density at radius 1 is 1.25 bits per heavy atom. The van der Waals surface area contributed by atoms with E-state index in [1.807, 2.05) is 13.8 Å². The summed E-state index contributed by atoms with van der Waals surface area (Å²) in [5.41, 5.74) is 2.02. The normalized spacial score (nSPS) is 13.0. The smallest absolute Gasteiger partial charge is 0.339 e. The molecule has 1 heterocycles. The fourth-order valence-electron chi connectivity index (χ4n) is 3.26. The Hall–Kier alpha value is -3.54. The van der Waals surface area contributed by atoms with Crippen LogP contribution < -0.4 is 5.43 Å². The van der Waals surface area contributed by atoms with Crippen molar-refractivity contribution in [1.82, 2.24) is 25.6 Å². The molecule has 0 saturated heterocycles. The molecular formula is C24H27ClFN5O5. The van der Waals surface area contributed by atoms with Gasteiger partial charge in [-0.2, -0.15) is 0 Å².